The van der Waals surface area contributed by atoms with Crippen LogP contribution in [0.5, 0.6) is 0 Å². The lowest BCUT2D eigenvalue weighted by molar-refractivity contribution is -0.115. The Morgan fingerprint density at radius 3 is 2.42 bits per heavy atom. The second-order valence-electron chi connectivity index (χ2n) is 2.83. The largest absolute Gasteiger partial charge is 0.326 e. The summed E-state index contributed by atoms with van der Waals surface area (Å²) in [6, 6.07) is 0. The normalized spacial score (nSPS) is 18.4. The second kappa shape index (κ2) is 3.03. The smallest absolute Gasteiger partial charge is 0.185 e. The molecule has 0 saturated heterocycles. The maximum Gasteiger partial charge on any atom is 0.185 e. The molecule has 0 aromatic carbocycles. The fraction of sp³-hybridized carbons (Fsp3) is 0.333. The predicted octanol–water partition coefficient (Wildman–Crippen LogP) is 0.360. The van der Waals surface area contributed by atoms with Crippen molar-refractivity contribution in [1.29, 1.82) is 0 Å². The zero-order valence-corrected chi connectivity index (χ0v) is 7.18. The third kappa shape index (κ3) is 1.23. The minimum atomic E-state index is -0.132. The van der Waals surface area contributed by atoms with Crippen molar-refractivity contribution in [2.75, 3.05) is 6.54 Å². The lowest BCUT2D eigenvalue weighted by atomic mass is 9.91. The van der Waals surface area contributed by atoms with Gasteiger partial charge in [-0.1, -0.05) is 0 Å². The van der Waals surface area contributed by atoms with Crippen LogP contribution < -0.4 is 5.73 Å². The van der Waals surface area contributed by atoms with Crippen molar-refractivity contribution < 1.29 is 9.59 Å². The van der Waals surface area contributed by atoms with E-state index in [1.165, 1.54) is 6.08 Å². The first-order chi connectivity index (χ1) is 5.57. The van der Waals surface area contributed by atoms with Gasteiger partial charge in [-0.15, -0.1) is 0 Å². The van der Waals surface area contributed by atoms with Crippen molar-refractivity contribution in [3.05, 3.63) is 22.8 Å². The van der Waals surface area contributed by atoms with Gasteiger partial charge in [-0.25, -0.2) is 0 Å². The predicted molar refractivity (Wildman–Crippen MR) is 45.5 cm³/mol. The summed E-state index contributed by atoms with van der Waals surface area (Å²) < 4.78 is 0. The minimum Gasteiger partial charge on any atom is -0.326 e. The molecule has 3 nitrogen and oxygen atoms in total. The van der Waals surface area contributed by atoms with Crippen molar-refractivity contribution in [3.8, 4) is 0 Å². The number of carbonyl (C=O) groups excluding carboxylic acids is 2. The number of ketones is 2. The fourth-order valence-corrected chi connectivity index (χ4v) is 1.22. The van der Waals surface area contributed by atoms with Gasteiger partial charge in [-0.2, -0.15) is 0 Å². The highest BCUT2D eigenvalue weighted by Crippen LogP contribution is 2.17. The van der Waals surface area contributed by atoms with Gasteiger partial charge in [0.15, 0.2) is 11.6 Å². The van der Waals surface area contributed by atoms with Crippen LogP contribution >= 0.6 is 0 Å². The molecule has 12 heavy (non-hydrogen) atoms. The van der Waals surface area contributed by atoms with Crippen LogP contribution in [0.2, 0.25) is 0 Å². The van der Waals surface area contributed by atoms with Gasteiger partial charge in [0.2, 0.25) is 0 Å². The highest BCUT2D eigenvalue weighted by atomic mass is 16.1. The monoisotopic (exact) mass is 165 g/mol. The zero-order chi connectivity index (χ0) is 9.30. The van der Waals surface area contributed by atoms with E-state index < -0.39 is 0 Å². The van der Waals surface area contributed by atoms with Gasteiger partial charge in [-0.3, -0.25) is 9.59 Å². The van der Waals surface area contributed by atoms with E-state index in [-0.39, 0.29) is 18.1 Å². The average molecular weight is 165 g/mol. The van der Waals surface area contributed by atoms with E-state index in [1.54, 1.807) is 13.8 Å². The van der Waals surface area contributed by atoms with E-state index in [0.717, 1.165) is 0 Å². The van der Waals surface area contributed by atoms with Crippen LogP contribution in [0, 0.1) is 0 Å². The summed E-state index contributed by atoms with van der Waals surface area (Å²) >= 11 is 0. The quantitative estimate of drug-likeness (QED) is 0.571. The van der Waals surface area contributed by atoms with Crippen LogP contribution in [0.25, 0.3) is 0 Å². The number of Topliss-reactive ketones (excluding diaryl/α,β-unsaturated/α-hetero) is 1. The summed E-state index contributed by atoms with van der Waals surface area (Å²) in [5.74, 6) is -0.206. The third-order valence-corrected chi connectivity index (χ3v) is 2.00. The van der Waals surface area contributed by atoms with E-state index in [2.05, 4.69) is 0 Å². The van der Waals surface area contributed by atoms with Crippen LogP contribution in [0.4, 0.5) is 0 Å². The van der Waals surface area contributed by atoms with Crippen LogP contribution in [0.15, 0.2) is 22.8 Å². The third-order valence-electron chi connectivity index (χ3n) is 2.00. The number of carbonyl (C=O) groups is 2. The van der Waals surface area contributed by atoms with Gasteiger partial charge in [-0.05, 0) is 19.9 Å². The van der Waals surface area contributed by atoms with E-state index in [1.807, 2.05) is 0 Å². The maximum atomic E-state index is 11.3. The molecule has 2 N–H and O–H groups in total. The van der Waals surface area contributed by atoms with Crippen molar-refractivity contribution in [2.24, 2.45) is 5.73 Å². The summed E-state index contributed by atoms with van der Waals surface area (Å²) in [5, 5.41) is 0. The standard InChI is InChI=1S/C9H11NO2/c1-5-3-8(11)7(4-10)6(2)9(5)12/h3H,4,10H2,1-2H3. The van der Waals surface area contributed by atoms with E-state index in [9.17, 15) is 9.59 Å². The van der Waals surface area contributed by atoms with Crippen molar-refractivity contribution in [3.63, 3.8) is 0 Å². The maximum absolute atomic E-state index is 11.3. The summed E-state index contributed by atoms with van der Waals surface area (Å²) in [6.07, 6.45) is 1.34. The molecule has 0 radical (unpaired) electrons. The fourth-order valence-electron chi connectivity index (χ4n) is 1.22. The minimum absolute atomic E-state index is 0.0740. The molecule has 0 fully saturated rings. The summed E-state index contributed by atoms with van der Waals surface area (Å²) in [6.45, 7) is 3.41. The first-order valence-corrected chi connectivity index (χ1v) is 3.75. The number of hydrogen-bond donors (Lipinski definition) is 1. The Hall–Kier alpha value is -1.22. The Kier molecular flexibility index (Phi) is 2.24. The van der Waals surface area contributed by atoms with E-state index in [0.29, 0.717) is 16.7 Å². The van der Waals surface area contributed by atoms with Gasteiger partial charge in [0, 0.05) is 23.3 Å². The van der Waals surface area contributed by atoms with Crippen molar-refractivity contribution in [1.82, 2.24) is 0 Å². The highest BCUT2D eigenvalue weighted by molar-refractivity contribution is 6.22. The van der Waals surface area contributed by atoms with Crippen LogP contribution in [0.3, 0.4) is 0 Å². The molecule has 0 saturated carbocycles. The molecule has 1 aliphatic rings. The Bertz CT molecular complexity index is 310. The molecule has 1 rings (SSSR count). The Labute approximate surface area is 70.9 Å². The van der Waals surface area contributed by atoms with E-state index in [4.69, 9.17) is 5.73 Å². The number of rotatable bonds is 1. The highest BCUT2D eigenvalue weighted by Gasteiger charge is 2.21. The molecule has 0 aromatic heterocycles. The Balaban J connectivity index is 3.17. The Morgan fingerprint density at radius 1 is 1.33 bits per heavy atom. The van der Waals surface area contributed by atoms with Gasteiger partial charge in [0.1, 0.15) is 0 Å². The lowest BCUT2D eigenvalue weighted by Crippen LogP contribution is -2.21. The van der Waals surface area contributed by atoms with Gasteiger partial charge in [0.25, 0.3) is 0 Å². The van der Waals surface area contributed by atoms with Crippen molar-refractivity contribution in [2.45, 2.75) is 13.8 Å². The molecule has 0 spiro atoms. The van der Waals surface area contributed by atoms with Crippen molar-refractivity contribution >= 4 is 11.6 Å². The van der Waals surface area contributed by atoms with Crippen LogP contribution in [-0.4, -0.2) is 18.1 Å². The van der Waals surface area contributed by atoms with Gasteiger partial charge < -0.3 is 5.73 Å². The molecule has 0 unspecified atom stereocenters. The molecule has 0 aliphatic heterocycles. The Morgan fingerprint density at radius 2 is 1.92 bits per heavy atom. The molecule has 0 atom stereocenters. The summed E-state index contributed by atoms with van der Waals surface area (Å²) in [5.41, 5.74) is 6.75. The molecule has 1 aliphatic carbocycles. The molecular weight excluding hydrogens is 154 g/mol. The molecule has 3 heteroatoms. The zero-order valence-electron chi connectivity index (χ0n) is 7.18. The van der Waals surface area contributed by atoms with Gasteiger partial charge in [0.05, 0.1) is 0 Å². The molecular formula is C9H11NO2. The molecule has 0 bridgehead atoms. The molecule has 0 amide bonds. The van der Waals surface area contributed by atoms with E-state index >= 15 is 0 Å². The SMILES string of the molecule is CC1=CC(=O)C(CN)=C(C)C1=O. The summed E-state index contributed by atoms with van der Waals surface area (Å²) in [4.78, 5) is 22.5. The topological polar surface area (TPSA) is 60.2 Å². The number of allylic oxidation sites excluding steroid dienone is 3. The van der Waals surface area contributed by atoms with Crippen LogP contribution in [-0.2, 0) is 9.59 Å². The second-order valence-corrected chi connectivity index (χ2v) is 2.83. The summed E-state index contributed by atoms with van der Waals surface area (Å²) in [7, 11) is 0. The molecule has 64 valence electrons. The first-order valence-electron chi connectivity index (χ1n) is 3.75. The number of nitrogens with two attached hydrogens (primary N) is 1. The number of hydrogen-bond acceptors (Lipinski definition) is 3. The van der Waals surface area contributed by atoms with Crippen LogP contribution in [0.1, 0.15) is 13.8 Å². The first kappa shape index (κ1) is 8.87. The average Bonchev–Trinajstić information content (AvgIpc) is 2.01. The molecule has 0 aromatic rings. The lowest BCUT2D eigenvalue weighted by Gasteiger charge is -2.12. The molecule has 0 heterocycles. The van der Waals surface area contributed by atoms with Gasteiger partial charge >= 0.3 is 0 Å².